The standard InChI is InChI=1S/C27H38.C3H8.3C2H6/c1-18(2)25(26-16-19(3)12-13-22(26)6)17-23(7)20(4)14-15-21(5)24(8)27(9,10)11;1-3-2;3*1-2/h12-17,24H,1,6H2,2-5,7-11H3;3H2,1-2H3;3*1-2H3/b20-14+,21-15-,23-17+,26-25+;;;;. The molecule has 0 aliphatic carbocycles. The first-order valence-corrected chi connectivity index (χ1v) is 14.3. The lowest BCUT2D eigenvalue weighted by molar-refractivity contribution is 0.300. The van der Waals surface area contributed by atoms with Crippen molar-refractivity contribution < 1.29 is 0 Å². The van der Waals surface area contributed by atoms with Gasteiger partial charge in [-0.25, -0.2) is 0 Å². The van der Waals surface area contributed by atoms with Crippen LogP contribution in [-0.2, 0) is 0 Å². The van der Waals surface area contributed by atoms with Gasteiger partial charge in [-0.3, -0.25) is 0 Å². The van der Waals surface area contributed by atoms with E-state index in [9.17, 15) is 0 Å². The highest BCUT2D eigenvalue weighted by molar-refractivity contribution is 5.73. The van der Waals surface area contributed by atoms with Crippen LogP contribution in [0, 0.1) is 18.3 Å². The predicted molar refractivity (Wildman–Crippen MR) is 174 cm³/mol. The van der Waals surface area contributed by atoms with Crippen molar-refractivity contribution in [1.29, 1.82) is 0 Å². The lowest BCUT2D eigenvalue weighted by atomic mass is 9.78. The van der Waals surface area contributed by atoms with Gasteiger partial charge in [-0.15, -0.1) is 0 Å². The van der Waals surface area contributed by atoms with Gasteiger partial charge in [-0.2, -0.15) is 0 Å². The molecule has 1 aromatic carbocycles. The molecule has 0 heterocycles. The van der Waals surface area contributed by atoms with E-state index in [0.29, 0.717) is 5.92 Å². The minimum absolute atomic E-state index is 0.282. The summed E-state index contributed by atoms with van der Waals surface area (Å²) in [5.41, 5.74) is 7.68. The summed E-state index contributed by atoms with van der Waals surface area (Å²) in [6.45, 7) is 44.6. The zero-order chi connectivity index (χ0) is 29.6. The fourth-order valence-electron chi connectivity index (χ4n) is 2.92. The Morgan fingerprint density at radius 2 is 1.31 bits per heavy atom. The first-order chi connectivity index (χ1) is 16.8. The monoisotopic (exact) mass is 497 g/mol. The third-order valence-electron chi connectivity index (χ3n) is 5.58. The average molecular weight is 497 g/mol. The Morgan fingerprint density at radius 3 is 1.69 bits per heavy atom. The maximum atomic E-state index is 4.20. The Morgan fingerprint density at radius 1 is 0.861 bits per heavy atom. The van der Waals surface area contributed by atoms with Crippen LogP contribution < -0.4 is 10.4 Å². The molecule has 0 heteroatoms. The van der Waals surface area contributed by atoms with Crippen molar-refractivity contribution in [2.24, 2.45) is 11.3 Å². The van der Waals surface area contributed by atoms with E-state index in [1.165, 1.54) is 33.9 Å². The van der Waals surface area contributed by atoms with Crippen LogP contribution in [0.3, 0.4) is 0 Å². The van der Waals surface area contributed by atoms with Crippen molar-refractivity contribution in [1.82, 2.24) is 0 Å². The second kappa shape index (κ2) is 23.3. The number of aryl methyl sites for hydroxylation is 1. The lowest BCUT2D eigenvalue weighted by Crippen LogP contribution is -2.25. The van der Waals surface area contributed by atoms with Crippen LogP contribution >= 0.6 is 0 Å². The fourth-order valence-corrected chi connectivity index (χ4v) is 2.92. The minimum atomic E-state index is 0.282. The highest BCUT2D eigenvalue weighted by Gasteiger charge is 2.20. The van der Waals surface area contributed by atoms with Gasteiger partial charge in [0, 0.05) is 0 Å². The summed E-state index contributed by atoms with van der Waals surface area (Å²) in [6, 6.07) is 6.39. The molecule has 0 fully saturated rings. The van der Waals surface area contributed by atoms with Gasteiger partial charge >= 0.3 is 0 Å². The van der Waals surface area contributed by atoms with Crippen LogP contribution in [0.15, 0.2) is 65.3 Å². The molecule has 36 heavy (non-hydrogen) atoms. The molecule has 208 valence electrons. The summed E-state index contributed by atoms with van der Waals surface area (Å²) in [7, 11) is 0. The molecule has 0 N–H and O–H groups in total. The van der Waals surface area contributed by atoms with Crippen molar-refractivity contribution in [2.45, 2.75) is 124 Å². The van der Waals surface area contributed by atoms with Gasteiger partial charge in [0.15, 0.2) is 0 Å². The van der Waals surface area contributed by atoms with E-state index >= 15 is 0 Å². The van der Waals surface area contributed by atoms with Gasteiger partial charge < -0.3 is 0 Å². The van der Waals surface area contributed by atoms with Crippen LogP contribution in [0.4, 0.5) is 0 Å². The summed E-state index contributed by atoms with van der Waals surface area (Å²) in [5, 5.41) is 2.21. The molecule has 0 spiro atoms. The highest BCUT2D eigenvalue weighted by atomic mass is 14.3. The molecule has 1 unspecified atom stereocenters. The van der Waals surface area contributed by atoms with Crippen LogP contribution in [0.5, 0.6) is 0 Å². The summed E-state index contributed by atoms with van der Waals surface area (Å²) in [6.07, 6.45) is 8.00. The third kappa shape index (κ3) is 17.4. The van der Waals surface area contributed by atoms with Crippen molar-refractivity contribution in [3.05, 3.63) is 81.3 Å². The van der Waals surface area contributed by atoms with Gasteiger partial charge in [0.1, 0.15) is 0 Å². The molecule has 0 radical (unpaired) electrons. The molecule has 1 rings (SSSR count). The quantitative estimate of drug-likeness (QED) is 0.355. The largest absolute Gasteiger partial charge is 0.0955 e. The summed E-state index contributed by atoms with van der Waals surface area (Å²) in [5.74, 6) is 0.546. The number of hydrogen-bond donors (Lipinski definition) is 0. The maximum absolute atomic E-state index is 4.20. The third-order valence-corrected chi connectivity index (χ3v) is 5.58. The first kappa shape index (κ1) is 41.1. The Balaban J connectivity index is -0.000000504. The molecule has 0 nitrogen and oxygen atoms in total. The van der Waals surface area contributed by atoms with Crippen LogP contribution in [0.1, 0.15) is 123 Å². The van der Waals surface area contributed by atoms with Gasteiger partial charge in [0.05, 0.1) is 0 Å². The van der Waals surface area contributed by atoms with Crippen molar-refractivity contribution in [3.63, 3.8) is 0 Å². The van der Waals surface area contributed by atoms with E-state index < -0.39 is 0 Å². The molecule has 0 aliphatic rings. The second-order valence-corrected chi connectivity index (χ2v) is 9.74. The molecule has 1 aromatic rings. The Bertz CT molecular complexity index is 908. The second-order valence-electron chi connectivity index (χ2n) is 9.74. The number of hydrogen-bond acceptors (Lipinski definition) is 0. The van der Waals surface area contributed by atoms with Gasteiger partial charge in [0.2, 0.25) is 0 Å². The Labute approximate surface area is 228 Å². The highest BCUT2D eigenvalue weighted by Crippen LogP contribution is 2.31. The summed E-state index contributed by atoms with van der Waals surface area (Å²) >= 11 is 0. The zero-order valence-corrected chi connectivity index (χ0v) is 27.7. The SMILES string of the molecule is C=C(C)C(/C=C(C)/C(C)=C/C=C(/C)C(C)C(C)(C)C)=c1\cc(C)ccc1=C.CC.CC.CC.CCC. The Kier molecular flexibility index (Phi) is 26.6. The normalized spacial score (nSPS) is 13.2. The number of rotatable bonds is 5. The molecule has 0 amide bonds. The average Bonchev–Trinajstić information content (AvgIpc) is 2.85. The first-order valence-electron chi connectivity index (χ1n) is 14.3. The lowest BCUT2D eigenvalue weighted by Gasteiger charge is -2.28. The molecular formula is C36H64. The minimum Gasteiger partial charge on any atom is -0.0955 e. The van der Waals surface area contributed by atoms with Crippen LogP contribution in [0.2, 0.25) is 0 Å². The Hall–Kier alpha value is -2.08. The molecule has 0 saturated heterocycles. The molecule has 0 saturated carbocycles. The fraction of sp³-hybridized carbons (Fsp3) is 0.556. The maximum Gasteiger partial charge on any atom is -0.0112 e. The van der Waals surface area contributed by atoms with Crippen molar-refractivity contribution in [3.8, 4) is 0 Å². The van der Waals surface area contributed by atoms with Gasteiger partial charge in [-0.05, 0) is 73.1 Å². The van der Waals surface area contributed by atoms with E-state index in [1.54, 1.807) is 0 Å². The van der Waals surface area contributed by atoms with E-state index in [-0.39, 0.29) is 5.41 Å². The van der Waals surface area contributed by atoms with E-state index in [4.69, 9.17) is 0 Å². The molecule has 0 bridgehead atoms. The van der Waals surface area contributed by atoms with Gasteiger partial charge in [0.25, 0.3) is 0 Å². The van der Waals surface area contributed by atoms with Crippen molar-refractivity contribution in [2.75, 3.05) is 0 Å². The van der Waals surface area contributed by atoms with Crippen LogP contribution in [-0.4, -0.2) is 0 Å². The van der Waals surface area contributed by atoms with E-state index in [2.05, 4.69) is 126 Å². The summed E-state index contributed by atoms with van der Waals surface area (Å²) in [4.78, 5) is 0. The topological polar surface area (TPSA) is 0 Å². The van der Waals surface area contributed by atoms with E-state index in [1.807, 2.05) is 41.5 Å². The zero-order valence-electron chi connectivity index (χ0n) is 27.7. The predicted octanol–water partition coefficient (Wildman–Crippen LogP) is 11.1. The number of benzene rings is 1. The smallest absolute Gasteiger partial charge is 0.0112 e. The molecule has 1 atom stereocenters. The van der Waals surface area contributed by atoms with Crippen molar-refractivity contribution >= 4 is 12.2 Å². The summed E-state index contributed by atoms with van der Waals surface area (Å²) < 4.78 is 0. The van der Waals surface area contributed by atoms with Crippen LogP contribution in [0.25, 0.3) is 12.2 Å². The van der Waals surface area contributed by atoms with E-state index in [0.717, 1.165) is 16.4 Å². The molecular weight excluding hydrogens is 432 g/mol. The molecule has 0 aliphatic heterocycles. The number of allylic oxidation sites excluding steroid dienone is 7. The molecule has 0 aromatic heterocycles. The van der Waals surface area contributed by atoms with Gasteiger partial charge in [-0.1, -0.05) is 156 Å².